The molecule has 0 unspecified atom stereocenters. The van der Waals surface area contributed by atoms with Crippen LogP contribution in [-0.4, -0.2) is 31.3 Å². The van der Waals surface area contributed by atoms with Crippen LogP contribution in [0, 0.1) is 5.92 Å². The minimum atomic E-state index is -3.61. The fourth-order valence-electron chi connectivity index (χ4n) is 1.88. The number of nitrogens with two attached hydrogens (primary N) is 1. The molecule has 0 bridgehead atoms. The third-order valence-corrected chi connectivity index (χ3v) is 4.50. The van der Waals surface area contributed by atoms with Gasteiger partial charge in [0.05, 0.1) is 16.7 Å². The van der Waals surface area contributed by atoms with Crippen LogP contribution in [0.3, 0.4) is 0 Å². The Labute approximate surface area is 105 Å². The lowest BCUT2D eigenvalue weighted by molar-refractivity contribution is 0.0453. The molecule has 0 atom stereocenters. The summed E-state index contributed by atoms with van der Waals surface area (Å²) in [6.45, 7) is 0.306. The Balaban J connectivity index is 2.03. The largest absolute Gasteiger partial charge is 0.506 e. The van der Waals surface area contributed by atoms with E-state index in [0.29, 0.717) is 19.4 Å². The average Bonchev–Trinajstić information content (AvgIpc) is 2.26. The predicted molar refractivity (Wildman–Crippen MR) is 66.4 cm³/mol. The first-order valence-corrected chi connectivity index (χ1v) is 7.13. The number of phenols is 1. The van der Waals surface area contributed by atoms with Gasteiger partial charge < -0.3 is 15.9 Å². The van der Waals surface area contributed by atoms with E-state index in [0.717, 1.165) is 0 Å². The lowest BCUT2D eigenvalue weighted by Gasteiger charge is -2.31. The Morgan fingerprint density at radius 3 is 2.61 bits per heavy atom. The molecule has 7 heteroatoms. The summed E-state index contributed by atoms with van der Waals surface area (Å²) in [5, 5.41) is 18.3. The maximum absolute atomic E-state index is 11.9. The Morgan fingerprint density at radius 2 is 2.06 bits per heavy atom. The highest BCUT2D eigenvalue weighted by atomic mass is 32.2. The van der Waals surface area contributed by atoms with Gasteiger partial charge >= 0.3 is 0 Å². The summed E-state index contributed by atoms with van der Waals surface area (Å²) < 4.78 is 26.3. The predicted octanol–water partition coefficient (Wildman–Crippen LogP) is 0.0236. The fraction of sp³-hybridized carbons (Fsp3) is 0.455. The molecule has 0 saturated heterocycles. The molecule has 1 aromatic rings. The van der Waals surface area contributed by atoms with Gasteiger partial charge in [0.15, 0.2) is 0 Å². The van der Waals surface area contributed by atoms with Crippen molar-refractivity contribution < 1.29 is 18.6 Å². The number of nitrogen functional groups attached to an aromatic ring is 1. The summed E-state index contributed by atoms with van der Waals surface area (Å²) in [6, 6.07) is 3.76. The Bertz CT molecular complexity index is 538. The van der Waals surface area contributed by atoms with E-state index < -0.39 is 10.0 Å². The molecule has 100 valence electrons. The topological polar surface area (TPSA) is 113 Å². The third-order valence-electron chi connectivity index (χ3n) is 3.08. The average molecular weight is 272 g/mol. The zero-order valence-corrected chi connectivity index (χ0v) is 10.5. The normalized spacial score (nSPS) is 23.6. The number of aliphatic hydroxyl groups is 1. The van der Waals surface area contributed by atoms with E-state index in [2.05, 4.69) is 4.72 Å². The molecule has 1 aromatic carbocycles. The summed E-state index contributed by atoms with van der Waals surface area (Å²) in [7, 11) is -3.61. The number of sulfonamides is 1. The number of benzene rings is 1. The smallest absolute Gasteiger partial charge is 0.240 e. The molecule has 1 saturated carbocycles. The van der Waals surface area contributed by atoms with Crippen LogP contribution in [0.4, 0.5) is 5.69 Å². The van der Waals surface area contributed by atoms with Gasteiger partial charge in [-0.3, -0.25) is 0 Å². The monoisotopic (exact) mass is 272 g/mol. The second-order valence-corrected chi connectivity index (χ2v) is 6.33. The first-order valence-electron chi connectivity index (χ1n) is 5.64. The first kappa shape index (κ1) is 13.1. The Hall–Kier alpha value is -1.31. The lowest BCUT2D eigenvalue weighted by atomic mass is 9.83. The van der Waals surface area contributed by atoms with Crippen LogP contribution in [-0.2, 0) is 10.0 Å². The van der Waals surface area contributed by atoms with Gasteiger partial charge in [0.25, 0.3) is 0 Å². The molecule has 18 heavy (non-hydrogen) atoms. The molecule has 0 aliphatic heterocycles. The second-order valence-electron chi connectivity index (χ2n) is 4.56. The molecule has 1 aliphatic rings. The second kappa shape index (κ2) is 4.75. The molecule has 5 N–H and O–H groups in total. The van der Waals surface area contributed by atoms with E-state index in [1.54, 1.807) is 0 Å². The summed E-state index contributed by atoms with van der Waals surface area (Å²) in [4.78, 5) is 0.0256. The van der Waals surface area contributed by atoms with E-state index in [-0.39, 0.29) is 28.4 Å². The molecule has 0 spiro atoms. The van der Waals surface area contributed by atoms with Crippen LogP contribution in [0.5, 0.6) is 5.75 Å². The zero-order chi connectivity index (χ0) is 13.3. The van der Waals surface area contributed by atoms with Gasteiger partial charge in [-0.1, -0.05) is 0 Å². The summed E-state index contributed by atoms with van der Waals surface area (Å²) in [5.41, 5.74) is 5.48. The van der Waals surface area contributed by atoms with Crippen LogP contribution in [0.15, 0.2) is 23.1 Å². The quantitative estimate of drug-likeness (QED) is 0.456. The SMILES string of the molecule is Nc1cc(S(=O)(=O)NCC2CC(O)C2)ccc1O. The highest BCUT2D eigenvalue weighted by Gasteiger charge is 2.28. The Kier molecular flexibility index (Phi) is 3.47. The van der Waals surface area contributed by atoms with E-state index in [1.165, 1.54) is 18.2 Å². The number of rotatable bonds is 4. The van der Waals surface area contributed by atoms with E-state index in [4.69, 9.17) is 10.8 Å². The standard InChI is InChI=1S/C11H16N2O4S/c12-10-5-9(1-2-11(10)15)18(16,17)13-6-7-3-8(14)4-7/h1-2,5,7-8,13-15H,3-4,6,12H2. The van der Waals surface area contributed by atoms with Crippen molar-refractivity contribution in [1.29, 1.82) is 0 Å². The minimum Gasteiger partial charge on any atom is -0.506 e. The van der Waals surface area contributed by atoms with Crippen molar-refractivity contribution in [1.82, 2.24) is 4.72 Å². The number of hydrogen-bond donors (Lipinski definition) is 4. The molecule has 2 rings (SSSR count). The summed E-state index contributed by atoms with van der Waals surface area (Å²) in [5.74, 6) is 0.0419. The van der Waals surface area contributed by atoms with Gasteiger partial charge in [0, 0.05) is 6.54 Å². The van der Waals surface area contributed by atoms with Crippen molar-refractivity contribution in [3.05, 3.63) is 18.2 Å². The molecule has 0 amide bonds. The van der Waals surface area contributed by atoms with E-state index in [9.17, 15) is 13.5 Å². The maximum atomic E-state index is 11.9. The number of aromatic hydroxyl groups is 1. The van der Waals surface area contributed by atoms with Crippen molar-refractivity contribution in [3.8, 4) is 5.75 Å². The zero-order valence-electron chi connectivity index (χ0n) is 9.70. The van der Waals surface area contributed by atoms with Crippen molar-refractivity contribution in [2.24, 2.45) is 5.92 Å². The molecule has 6 nitrogen and oxygen atoms in total. The van der Waals surface area contributed by atoms with E-state index in [1.807, 2.05) is 0 Å². The van der Waals surface area contributed by atoms with Gasteiger partial charge in [-0.25, -0.2) is 13.1 Å². The van der Waals surface area contributed by atoms with Crippen molar-refractivity contribution in [2.75, 3.05) is 12.3 Å². The first-order chi connectivity index (χ1) is 8.38. The van der Waals surface area contributed by atoms with Crippen LogP contribution in [0.1, 0.15) is 12.8 Å². The molecular weight excluding hydrogens is 256 g/mol. The van der Waals surface area contributed by atoms with Crippen LogP contribution in [0.25, 0.3) is 0 Å². The highest BCUT2D eigenvalue weighted by Crippen LogP contribution is 2.27. The minimum absolute atomic E-state index is 0.0249. The lowest BCUT2D eigenvalue weighted by Crippen LogP contribution is -2.38. The van der Waals surface area contributed by atoms with Crippen LogP contribution in [0.2, 0.25) is 0 Å². The van der Waals surface area contributed by atoms with Crippen molar-refractivity contribution >= 4 is 15.7 Å². The van der Waals surface area contributed by atoms with Crippen molar-refractivity contribution in [3.63, 3.8) is 0 Å². The Morgan fingerprint density at radius 1 is 1.39 bits per heavy atom. The van der Waals surface area contributed by atoms with Gasteiger partial charge in [0.1, 0.15) is 5.75 Å². The van der Waals surface area contributed by atoms with Gasteiger partial charge in [-0.15, -0.1) is 0 Å². The third kappa shape index (κ3) is 2.74. The molecule has 0 heterocycles. The number of aliphatic hydroxyl groups excluding tert-OH is 1. The van der Waals surface area contributed by atoms with Crippen LogP contribution < -0.4 is 10.5 Å². The fourth-order valence-corrected chi connectivity index (χ4v) is 3.03. The summed E-state index contributed by atoms with van der Waals surface area (Å²) in [6.07, 6.45) is 0.948. The van der Waals surface area contributed by atoms with E-state index >= 15 is 0 Å². The molecule has 1 aliphatic carbocycles. The van der Waals surface area contributed by atoms with Crippen molar-refractivity contribution in [2.45, 2.75) is 23.8 Å². The highest BCUT2D eigenvalue weighted by molar-refractivity contribution is 7.89. The number of nitrogens with one attached hydrogen (secondary N) is 1. The summed E-state index contributed by atoms with van der Waals surface area (Å²) >= 11 is 0. The molecule has 0 radical (unpaired) electrons. The number of hydrogen-bond acceptors (Lipinski definition) is 5. The molecule has 1 fully saturated rings. The van der Waals surface area contributed by atoms with Gasteiger partial charge in [-0.05, 0) is 37.0 Å². The molecule has 0 aromatic heterocycles. The van der Waals surface area contributed by atoms with Gasteiger partial charge in [0.2, 0.25) is 10.0 Å². The maximum Gasteiger partial charge on any atom is 0.240 e. The van der Waals surface area contributed by atoms with Gasteiger partial charge in [-0.2, -0.15) is 0 Å². The molecular formula is C11H16N2O4S. The number of anilines is 1. The van der Waals surface area contributed by atoms with Crippen LogP contribution >= 0.6 is 0 Å². The number of phenolic OH excluding ortho intramolecular Hbond substituents is 1.